The number of hydrogen-bond acceptors (Lipinski definition) is 2. The minimum absolute atomic E-state index is 0.0260. The predicted molar refractivity (Wildman–Crippen MR) is 98.1 cm³/mol. The van der Waals surface area contributed by atoms with Crippen molar-refractivity contribution in [2.45, 2.75) is 39.5 Å². The second kappa shape index (κ2) is 7.32. The van der Waals surface area contributed by atoms with Gasteiger partial charge in [0.15, 0.2) is 0 Å². The largest absolute Gasteiger partial charge is 0.385 e. The fourth-order valence-corrected chi connectivity index (χ4v) is 2.33. The van der Waals surface area contributed by atoms with Crippen molar-refractivity contribution in [2.75, 3.05) is 17.2 Å². The molecule has 3 nitrogen and oxygen atoms in total. The van der Waals surface area contributed by atoms with Crippen LogP contribution in [0.4, 0.5) is 11.4 Å². The second-order valence-corrected chi connectivity index (χ2v) is 6.87. The van der Waals surface area contributed by atoms with Gasteiger partial charge in [-0.05, 0) is 41.7 Å². The van der Waals surface area contributed by atoms with E-state index >= 15 is 0 Å². The number of carbonyl (C=O) groups excluding carboxylic acids is 1. The molecule has 1 amide bonds. The van der Waals surface area contributed by atoms with Gasteiger partial charge in [-0.25, -0.2) is 0 Å². The molecule has 0 aliphatic carbocycles. The van der Waals surface area contributed by atoms with E-state index in [4.69, 9.17) is 0 Å². The molecule has 0 unspecified atom stereocenters. The zero-order valence-corrected chi connectivity index (χ0v) is 14.4. The topological polar surface area (TPSA) is 41.1 Å². The van der Waals surface area contributed by atoms with Gasteiger partial charge in [0.1, 0.15) is 0 Å². The van der Waals surface area contributed by atoms with E-state index in [1.165, 1.54) is 5.56 Å². The van der Waals surface area contributed by atoms with Crippen LogP contribution in [0.2, 0.25) is 0 Å². The third-order valence-corrected chi connectivity index (χ3v) is 3.85. The SMILES string of the molecule is Cc1ccccc1NC(=O)CCNc1ccc(C(C)(C)C)cc1. The molecule has 2 N–H and O–H groups in total. The summed E-state index contributed by atoms with van der Waals surface area (Å²) in [6.45, 7) is 9.21. The van der Waals surface area contributed by atoms with Gasteiger partial charge < -0.3 is 10.6 Å². The van der Waals surface area contributed by atoms with E-state index in [0.29, 0.717) is 13.0 Å². The van der Waals surface area contributed by atoms with E-state index < -0.39 is 0 Å². The molecular formula is C20H26N2O. The first-order valence-corrected chi connectivity index (χ1v) is 8.06. The smallest absolute Gasteiger partial charge is 0.226 e. The summed E-state index contributed by atoms with van der Waals surface area (Å²) < 4.78 is 0. The van der Waals surface area contributed by atoms with Gasteiger partial charge in [0.25, 0.3) is 0 Å². The van der Waals surface area contributed by atoms with Gasteiger partial charge >= 0.3 is 0 Å². The molecule has 0 saturated carbocycles. The first-order valence-electron chi connectivity index (χ1n) is 8.06. The van der Waals surface area contributed by atoms with E-state index in [0.717, 1.165) is 16.9 Å². The summed E-state index contributed by atoms with van der Waals surface area (Å²) >= 11 is 0. The molecule has 3 heteroatoms. The van der Waals surface area contributed by atoms with Crippen LogP contribution in [0.25, 0.3) is 0 Å². The molecule has 2 rings (SSSR count). The van der Waals surface area contributed by atoms with Gasteiger partial charge in [-0.1, -0.05) is 51.1 Å². The number of amides is 1. The Morgan fingerprint density at radius 2 is 1.65 bits per heavy atom. The van der Waals surface area contributed by atoms with Crippen LogP contribution in [0.1, 0.15) is 38.3 Å². The molecule has 0 aromatic heterocycles. The van der Waals surface area contributed by atoms with Crippen molar-refractivity contribution < 1.29 is 4.79 Å². The summed E-state index contributed by atoms with van der Waals surface area (Å²) in [5, 5.41) is 6.24. The number of nitrogens with one attached hydrogen (secondary N) is 2. The summed E-state index contributed by atoms with van der Waals surface area (Å²) in [5.74, 6) is 0.0260. The molecule has 2 aromatic carbocycles. The second-order valence-electron chi connectivity index (χ2n) is 6.87. The highest BCUT2D eigenvalue weighted by Crippen LogP contribution is 2.23. The van der Waals surface area contributed by atoms with Crippen LogP contribution in [0.3, 0.4) is 0 Å². The lowest BCUT2D eigenvalue weighted by molar-refractivity contribution is -0.115. The van der Waals surface area contributed by atoms with Crippen molar-refractivity contribution in [3.8, 4) is 0 Å². The molecule has 122 valence electrons. The molecule has 2 aromatic rings. The van der Waals surface area contributed by atoms with E-state index in [2.05, 4.69) is 55.7 Å². The number of rotatable bonds is 5. The molecule has 0 aliphatic heterocycles. The Labute approximate surface area is 139 Å². The minimum Gasteiger partial charge on any atom is -0.385 e. The standard InChI is InChI=1S/C20H26N2O/c1-15-7-5-6-8-18(15)22-19(23)13-14-21-17-11-9-16(10-12-17)20(2,3)4/h5-12,21H,13-14H2,1-4H3,(H,22,23). The van der Waals surface area contributed by atoms with Crippen LogP contribution < -0.4 is 10.6 Å². The summed E-state index contributed by atoms with van der Waals surface area (Å²) in [6.07, 6.45) is 0.440. The number of anilines is 2. The number of para-hydroxylation sites is 1. The maximum absolute atomic E-state index is 12.0. The Bertz CT molecular complexity index is 654. The van der Waals surface area contributed by atoms with Gasteiger partial charge in [-0.3, -0.25) is 4.79 Å². The van der Waals surface area contributed by atoms with E-state index in [-0.39, 0.29) is 11.3 Å². The van der Waals surface area contributed by atoms with Crippen LogP contribution in [0.15, 0.2) is 48.5 Å². The van der Waals surface area contributed by atoms with Gasteiger partial charge in [0.2, 0.25) is 5.91 Å². The van der Waals surface area contributed by atoms with Crippen molar-refractivity contribution in [3.63, 3.8) is 0 Å². The van der Waals surface area contributed by atoms with Gasteiger partial charge in [0.05, 0.1) is 0 Å². The Morgan fingerprint density at radius 1 is 1.00 bits per heavy atom. The summed E-state index contributed by atoms with van der Waals surface area (Å²) in [7, 11) is 0. The minimum atomic E-state index is 0.0260. The van der Waals surface area contributed by atoms with Gasteiger partial charge in [-0.2, -0.15) is 0 Å². The van der Waals surface area contributed by atoms with E-state index in [9.17, 15) is 4.79 Å². The summed E-state index contributed by atoms with van der Waals surface area (Å²) in [4.78, 5) is 12.0. The molecule has 0 atom stereocenters. The zero-order chi connectivity index (χ0) is 16.9. The Hall–Kier alpha value is -2.29. The van der Waals surface area contributed by atoms with Crippen LogP contribution in [-0.4, -0.2) is 12.5 Å². The third-order valence-electron chi connectivity index (χ3n) is 3.85. The average molecular weight is 310 g/mol. The molecule has 0 bridgehead atoms. The summed E-state index contributed by atoms with van der Waals surface area (Å²) in [6, 6.07) is 16.2. The van der Waals surface area contributed by atoms with Crippen LogP contribution in [0, 0.1) is 6.92 Å². The molecule has 23 heavy (non-hydrogen) atoms. The Morgan fingerprint density at radius 3 is 2.26 bits per heavy atom. The molecule has 0 spiro atoms. The fourth-order valence-electron chi connectivity index (χ4n) is 2.33. The fraction of sp³-hybridized carbons (Fsp3) is 0.350. The first-order chi connectivity index (χ1) is 10.9. The maximum Gasteiger partial charge on any atom is 0.226 e. The van der Waals surface area contributed by atoms with E-state index in [1.807, 2.05) is 31.2 Å². The molecule has 0 heterocycles. The molecule has 0 radical (unpaired) electrons. The van der Waals surface area contributed by atoms with Crippen molar-refractivity contribution in [2.24, 2.45) is 0 Å². The van der Waals surface area contributed by atoms with Crippen LogP contribution >= 0.6 is 0 Å². The lowest BCUT2D eigenvalue weighted by atomic mass is 9.87. The Kier molecular flexibility index (Phi) is 5.43. The number of carbonyl (C=O) groups is 1. The number of hydrogen-bond donors (Lipinski definition) is 2. The molecular weight excluding hydrogens is 284 g/mol. The highest BCUT2D eigenvalue weighted by Gasteiger charge is 2.12. The van der Waals surface area contributed by atoms with Gasteiger partial charge in [-0.15, -0.1) is 0 Å². The molecule has 0 aliphatic rings. The first kappa shape index (κ1) is 17.1. The molecule has 0 saturated heterocycles. The van der Waals surface area contributed by atoms with E-state index in [1.54, 1.807) is 0 Å². The third kappa shape index (κ3) is 5.13. The highest BCUT2D eigenvalue weighted by molar-refractivity contribution is 5.91. The molecule has 0 fully saturated rings. The lowest BCUT2D eigenvalue weighted by Crippen LogP contribution is -2.17. The van der Waals surface area contributed by atoms with Crippen molar-refractivity contribution in [3.05, 3.63) is 59.7 Å². The monoisotopic (exact) mass is 310 g/mol. The van der Waals surface area contributed by atoms with Crippen molar-refractivity contribution in [1.82, 2.24) is 0 Å². The van der Waals surface area contributed by atoms with Gasteiger partial charge in [0, 0.05) is 24.3 Å². The lowest BCUT2D eigenvalue weighted by Gasteiger charge is -2.19. The quantitative estimate of drug-likeness (QED) is 0.838. The zero-order valence-electron chi connectivity index (χ0n) is 14.4. The maximum atomic E-state index is 12.0. The van der Waals surface area contributed by atoms with Crippen molar-refractivity contribution in [1.29, 1.82) is 0 Å². The van der Waals surface area contributed by atoms with Crippen LogP contribution in [-0.2, 0) is 10.2 Å². The highest BCUT2D eigenvalue weighted by atomic mass is 16.1. The summed E-state index contributed by atoms with van der Waals surface area (Å²) in [5.41, 5.74) is 4.46. The van der Waals surface area contributed by atoms with Crippen molar-refractivity contribution >= 4 is 17.3 Å². The average Bonchev–Trinajstić information content (AvgIpc) is 2.49. The predicted octanol–water partition coefficient (Wildman–Crippen LogP) is 4.73. The van der Waals surface area contributed by atoms with Crippen LogP contribution in [0.5, 0.6) is 0 Å². The number of aryl methyl sites for hydroxylation is 1. The number of benzene rings is 2. The Balaban J connectivity index is 1.81. The normalized spacial score (nSPS) is 11.1.